The summed E-state index contributed by atoms with van der Waals surface area (Å²) >= 11 is 0. The van der Waals surface area contributed by atoms with Crippen molar-refractivity contribution in [3.8, 4) is 35.3 Å². The zero-order valence-corrected chi connectivity index (χ0v) is 18.1. The molecule has 6 heteroatoms. The summed E-state index contributed by atoms with van der Waals surface area (Å²) in [7, 11) is 0. The van der Waals surface area contributed by atoms with Crippen LogP contribution in [0, 0.1) is 6.92 Å². The molecule has 0 N–H and O–H groups in total. The van der Waals surface area contributed by atoms with Crippen LogP contribution in [0.5, 0.6) is 35.3 Å². The van der Waals surface area contributed by atoms with Gasteiger partial charge in [0.05, 0.1) is 0 Å². The molecule has 6 nitrogen and oxygen atoms in total. The zero-order chi connectivity index (χ0) is 22.3. The fraction of sp³-hybridized carbons (Fsp3) is 0.115. The number of nitrogens with zero attached hydrogens (tertiary/aromatic N) is 3. The lowest BCUT2D eigenvalue weighted by Crippen LogP contribution is -2.02. The summed E-state index contributed by atoms with van der Waals surface area (Å²) in [5.41, 5.74) is 3.21. The summed E-state index contributed by atoms with van der Waals surface area (Å²) in [6, 6.07) is 24.7. The van der Waals surface area contributed by atoms with Crippen LogP contribution in [0.25, 0.3) is 6.08 Å². The Morgan fingerprint density at radius 3 is 1.66 bits per heavy atom. The van der Waals surface area contributed by atoms with E-state index in [1.165, 1.54) is 0 Å². The number of allylic oxidation sites excluding steroid dienone is 1. The predicted octanol–water partition coefficient (Wildman–Crippen LogP) is 6.98. The van der Waals surface area contributed by atoms with Gasteiger partial charge in [-0.05, 0) is 57.2 Å². The van der Waals surface area contributed by atoms with Gasteiger partial charge in [0.1, 0.15) is 17.2 Å². The van der Waals surface area contributed by atoms with Gasteiger partial charge in [0, 0.05) is 5.56 Å². The minimum atomic E-state index is 0.0722. The van der Waals surface area contributed by atoms with Crippen molar-refractivity contribution in [1.82, 2.24) is 15.0 Å². The van der Waals surface area contributed by atoms with E-state index in [1.54, 1.807) is 0 Å². The lowest BCUT2D eigenvalue weighted by Gasteiger charge is -2.11. The van der Waals surface area contributed by atoms with E-state index in [2.05, 4.69) is 15.0 Å². The highest BCUT2D eigenvalue weighted by atomic mass is 16.5. The van der Waals surface area contributed by atoms with E-state index in [4.69, 9.17) is 14.2 Å². The van der Waals surface area contributed by atoms with Gasteiger partial charge in [-0.1, -0.05) is 59.7 Å². The van der Waals surface area contributed by atoms with Crippen LogP contribution in [0.2, 0.25) is 0 Å². The fourth-order valence-electron chi connectivity index (χ4n) is 2.93. The SMILES string of the molecule is CC(C)=Cc1cc(C)ccc1Oc1nc(Oc2ccccc2)nc(Oc2ccccc2)n1. The quantitative estimate of drug-likeness (QED) is 0.318. The molecule has 0 bridgehead atoms. The predicted molar refractivity (Wildman–Crippen MR) is 123 cm³/mol. The third kappa shape index (κ3) is 5.70. The molecular formula is C26H23N3O3. The van der Waals surface area contributed by atoms with Gasteiger partial charge in [0.25, 0.3) is 0 Å². The molecule has 0 aliphatic carbocycles. The van der Waals surface area contributed by atoms with Crippen molar-refractivity contribution < 1.29 is 14.2 Å². The minimum absolute atomic E-state index is 0.0722. The van der Waals surface area contributed by atoms with Gasteiger partial charge < -0.3 is 14.2 Å². The highest BCUT2D eigenvalue weighted by Crippen LogP contribution is 2.30. The second-order valence-corrected chi connectivity index (χ2v) is 7.38. The molecule has 0 saturated heterocycles. The molecule has 1 heterocycles. The minimum Gasteiger partial charge on any atom is -0.424 e. The first kappa shape index (κ1) is 21.1. The second kappa shape index (κ2) is 9.75. The summed E-state index contributed by atoms with van der Waals surface area (Å²) in [5.74, 6) is 1.81. The average Bonchev–Trinajstić information content (AvgIpc) is 2.77. The number of rotatable bonds is 7. The molecule has 0 fully saturated rings. The van der Waals surface area contributed by atoms with Gasteiger partial charge >= 0.3 is 18.0 Å². The Morgan fingerprint density at radius 1 is 0.656 bits per heavy atom. The van der Waals surface area contributed by atoms with E-state index >= 15 is 0 Å². The van der Waals surface area contributed by atoms with E-state index < -0.39 is 0 Å². The Kier molecular flexibility index (Phi) is 6.41. The molecule has 0 aliphatic rings. The van der Waals surface area contributed by atoms with Gasteiger partial charge in [0.15, 0.2) is 0 Å². The van der Waals surface area contributed by atoms with E-state index in [0.29, 0.717) is 17.2 Å². The Bertz CT molecular complexity index is 1160. The molecule has 0 spiro atoms. The molecule has 0 unspecified atom stereocenters. The van der Waals surface area contributed by atoms with Crippen LogP contribution in [0.1, 0.15) is 25.0 Å². The molecule has 0 aliphatic heterocycles. The summed E-state index contributed by atoms with van der Waals surface area (Å²) in [5, 5.41) is 0. The molecule has 0 saturated carbocycles. The van der Waals surface area contributed by atoms with E-state index in [9.17, 15) is 0 Å². The van der Waals surface area contributed by atoms with Crippen molar-refractivity contribution in [2.45, 2.75) is 20.8 Å². The fourth-order valence-corrected chi connectivity index (χ4v) is 2.93. The molecule has 32 heavy (non-hydrogen) atoms. The number of aryl methyl sites for hydroxylation is 1. The number of hydrogen-bond acceptors (Lipinski definition) is 6. The van der Waals surface area contributed by atoms with Crippen LogP contribution < -0.4 is 14.2 Å². The van der Waals surface area contributed by atoms with Crippen molar-refractivity contribution in [3.63, 3.8) is 0 Å². The largest absolute Gasteiger partial charge is 0.424 e. The molecule has 3 aromatic carbocycles. The summed E-state index contributed by atoms with van der Waals surface area (Å²) in [4.78, 5) is 13.0. The molecule has 1 aromatic heterocycles. The van der Waals surface area contributed by atoms with Gasteiger partial charge in [-0.2, -0.15) is 0 Å². The standard InChI is InChI=1S/C26H23N3O3/c1-18(2)16-20-17-19(3)14-15-23(20)32-26-28-24(30-21-10-6-4-7-11-21)27-25(29-26)31-22-12-8-5-9-13-22/h4-17H,1-3H3. The molecule has 4 aromatic rings. The summed E-state index contributed by atoms with van der Waals surface area (Å²) in [6.45, 7) is 6.10. The average molecular weight is 425 g/mol. The molecule has 0 radical (unpaired) electrons. The van der Waals surface area contributed by atoms with Crippen LogP contribution in [0.4, 0.5) is 0 Å². The Hall–Kier alpha value is -4.19. The Labute approximate surface area is 187 Å². The molecule has 0 atom stereocenters. The zero-order valence-electron chi connectivity index (χ0n) is 18.1. The summed E-state index contributed by atoms with van der Waals surface area (Å²) < 4.78 is 17.7. The first-order valence-corrected chi connectivity index (χ1v) is 10.2. The number of hydrogen-bond donors (Lipinski definition) is 0. The lowest BCUT2D eigenvalue weighted by molar-refractivity contribution is 0.362. The van der Waals surface area contributed by atoms with E-state index in [0.717, 1.165) is 16.7 Å². The number of ether oxygens (including phenoxy) is 3. The van der Waals surface area contributed by atoms with Gasteiger partial charge in [0.2, 0.25) is 0 Å². The van der Waals surface area contributed by atoms with Crippen molar-refractivity contribution in [3.05, 3.63) is 95.6 Å². The first-order valence-electron chi connectivity index (χ1n) is 10.2. The molecule has 160 valence electrons. The number of para-hydroxylation sites is 2. The van der Waals surface area contributed by atoms with Gasteiger partial charge in [-0.15, -0.1) is 15.0 Å². The van der Waals surface area contributed by atoms with Crippen LogP contribution in [-0.2, 0) is 0 Å². The number of aromatic nitrogens is 3. The molecule has 0 amide bonds. The number of benzene rings is 3. The first-order chi connectivity index (χ1) is 15.5. The van der Waals surface area contributed by atoms with Crippen LogP contribution in [-0.4, -0.2) is 15.0 Å². The third-order valence-corrected chi connectivity index (χ3v) is 4.29. The monoisotopic (exact) mass is 425 g/mol. The van der Waals surface area contributed by atoms with Gasteiger partial charge in [-0.3, -0.25) is 0 Å². The van der Waals surface area contributed by atoms with Crippen LogP contribution in [0.15, 0.2) is 84.4 Å². The third-order valence-electron chi connectivity index (χ3n) is 4.29. The maximum absolute atomic E-state index is 6.06. The van der Waals surface area contributed by atoms with Crippen LogP contribution in [0.3, 0.4) is 0 Å². The Balaban J connectivity index is 1.70. The topological polar surface area (TPSA) is 66.4 Å². The van der Waals surface area contributed by atoms with E-state index in [1.807, 2.05) is 106 Å². The maximum Gasteiger partial charge on any atom is 0.331 e. The lowest BCUT2D eigenvalue weighted by atomic mass is 10.1. The van der Waals surface area contributed by atoms with Crippen molar-refractivity contribution in [1.29, 1.82) is 0 Å². The Morgan fingerprint density at radius 2 is 1.16 bits per heavy atom. The maximum atomic E-state index is 6.06. The highest BCUT2D eigenvalue weighted by Gasteiger charge is 2.14. The van der Waals surface area contributed by atoms with Crippen molar-refractivity contribution in [2.24, 2.45) is 0 Å². The molecule has 4 rings (SSSR count). The second-order valence-electron chi connectivity index (χ2n) is 7.38. The normalized spacial score (nSPS) is 10.3. The van der Waals surface area contributed by atoms with Crippen molar-refractivity contribution in [2.75, 3.05) is 0 Å². The molecular weight excluding hydrogens is 402 g/mol. The van der Waals surface area contributed by atoms with Crippen molar-refractivity contribution >= 4 is 6.08 Å². The smallest absolute Gasteiger partial charge is 0.331 e. The van der Waals surface area contributed by atoms with Crippen LogP contribution >= 0.6 is 0 Å². The van der Waals surface area contributed by atoms with Gasteiger partial charge in [-0.25, -0.2) is 0 Å². The van der Waals surface area contributed by atoms with E-state index in [-0.39, 0.29) is 18.0 Å². The summed E-state index contributed by atoms with van der Waals surface area (Å²) in [6.07, 6.45) is 2.05. The highest BCUT2D eigenvalue weighted by molar-refractivity contribution is 5.60.